The molecule has 2 N–H and O–H groups in total. The number of hydrogen-bond acceptors (Lipinski definition) is 4. The number of hydrogen-bond donors (Lipinski definition) is 1. The Kier molecular flexibility index (Phi) is 6.74. The topological polar surface area (TPSA) is 71.8 Å². The van der Waals surface area contributed by atoms with Gasteiger partial charge in [-0.15, -0.1) is 0 Å². The Morgan fingerprint density at radius 3 is 2.90 bits per heavy atom. The molecule has 8 heteroatoms. The number of imidazole rings is 1. The van der Waals surface area contributed by atoms with E-state index in [2.05, 4.69) is 22.0 Å². The molecule has 0 aromatic carbocycles. The highest BCUT2D eigenvalue weighted by atomic mass is 19.1. The van der Waals surface area contributed by atoms with Crippen LogP contribution >= 0.6 is 0 Å². The minimum Gasteiger partial charge on any atom is -0.386 e. The summed E-state index contributed by atoms with van der Waals surface area (Å²) in [6.07, 6.45) is 11.2. The maximum atomic E-state index is 14.3. The van der Waals surface area contributed by atoms with Gasteiger partial charge in [0, 0.05) is 31.8 Å². The van der Waals surface area contributed by atoms with Gasteiger partial charge in [-0.1, -0.05) is 13.0 Å². The quantitative estimate of drug-likeness (QED) is 0.576. The second-order valence-corrected chi connectivity index (χ2v) is 7.01. The molecule has 2 aliphatic rings. The summed E-state index contributed by atoms with van der Waals surface area (Å²) in [5.74, 6) is 0.396. The molecule has 1 aliphatic heterocycles. The predicted octanol–water partition coefficient (Wildman–Crippen LogP) is 4.15. The van der Waals surface area contributed by atoms with Gasteiger partial charge in [-0.25, -0.2) is 18.8 Å². The fraction of sp³-hybridized carbons (Fsp3) is 0.381. The summed E-state index contributed by atoms with van der Waals surface area (Å²) >= 11 is 0. The van der Waals surface area contributed by atoms with E-state index in [-0.39, 0.29) is 18.7 Å². The number of hydrazone groups is 1. The van der Waals surface area contributed by atoms with Crippen LogP contribution in [0.1, 0.15) is 38.9 Å². The first-order valence-corrected chi connectivity index (χ1v) is 9.70. The summed E-state index contributed by atoms with van der Waals surface area (Å²) in [5.41, 5.74) is 8.30. The first-order chi connectivity index (χ1) is 14.0. The predicted molar refractivity (Wildman–Crippen MR) is 111 cm³/mol. The van der Waals surface area contributed by atoms with Crippen LogP contribution < -0.4 is 5.73 Å². The molecule has 0 amide bonds. The van der Waals surface area contributed by atoms with Crippen molar-refractivity contribution in [3.8, 4) is 0 Å². The van der Waals surface area contributed by atoms with Crippen LogP contribution in [0.15, 0.2) is 69.2 Å². The summed E-state index contributed by atoms with van der Waals surface area (Å²) in [6, 6.07) is 0. The Morgan fingerprint density at radius 1 is 1.31 bits per heavy atom. The van der Waals surface area contributed by atoms with Crippen LogP contribution in [0.3, 0.4) is 0 Å². The van der Waals surface area contributed by atoms with Crippen molar-refractivity contribution >= 4 is 12.2 Å². The van der Waals surface area contributed by atoms with Crippen LogP contribution in [0.5, 0.6) is 0 Å². The molecule has 1 aliphatic carbocycles. The molecule has 0 fully saturated rings. The van der Waals surface area contributed by atoms with Crippen LogP contribution in [0.4, 0.5) is 8.78 Å². The van der Waals surface area contributed by atoms with Gasteiger partial charge in [0.05, 0.1) is 12.2 Å². The Hall–Kier alpha value is -3.03. The first-order valence-electron chi connectivity index (χ1n) is 9.70. The monoisotopic (exact) mass is 400 g/mol. The Bertz CT molecular complexity index is 929. The van der Waals surface area contributed by atoms with Crippen LogP contribution in [0.2, 0.25) is 0 Å². The SMILES string of the molecule is CCC1=C(Cn2ccnc2CC2=CCC(F)=CC=C2F)N=CN(/N=C(/C)N)CC1. The summed E-state index contributed by atoms with van der Waals surface area (Å²) < 4.78 is 29.7. The molecule has 1 aromatic heterocycles. The molecule has 2 heterocycles. The normalized spacial score (nSPS) is 18.3. The Balaban J connectivity index is 1.80. The molecule has 0 spiro atoms. The van der Waals surface area contributed by atoms with E-state index >= 15 is 0 Å². The molecule has 0 radical (unpaired) electrons. The van der Waals surface area contributed by atoms with Gasteiger partial charge in [-0.3, -0.25) is 5.01 Å². The van der Waals surface area contributed by atoms with Gasteiger partial charge < -0.3 is 10.3 Å². The number of nitrogens with two attached hydrogens (primary N) is 1. The third-order valence-electron chi connectivity index (χ3n) is 4.84. The van der Waals surface area contributed by atoms with E-state index in [1.165, 1.54) is 17.7 Å². The van der Waals surface area contributed by atoms with E-state index in [1.807, 2.05) is 10.8 Å². The number of halogens is 2. The van der Waals surface area contributed by atoms with Crippen molar-refractivity contribution in [2.45, 2.75) is 46.1 Å². The highest BCUT2D eigenvalue weighted by molar-refractivity contribution is 5.78. The van der Waals surface area contributed by atoms with Crippen LogP contribution in [-0.2, 0) is 13.0 Å². The minimum absolute atomic E-state index is 0.0896. The highest BCUT2D eigenvalue weighted by Crippen LogP contribution is 2.24. The number of aliphatic imine (C=N–C) groups is 1. The fourth-order valence-electron chi connectivity index (χ4n) is 3.29. The second-order valence-electron chi connectivity index (χ2n) is 7.01. The van der Waals surface area contributed by atoms with Crippen molar-refractivity contribution < 1.29 is 8.78 Å². The Labute approximate surface area is 169 Å². The van der Waals surface area contributed by atoms with Gasteiger partial charge in [-0.2, -0.15) is 5.10 Å². The van der Waals surface area contributed by atoms with Gasteiger partial charge >= 0.3 is 0 Å². The zero-order valence-electron chi connectivity index (χ0n) is 16.8. The largest absolute Gasteiger partial charge is 0.386 e. The molecule has 0 atom stereocenters. The molecule has 0 unspecified atom stereocenters. The zero-order chi connectivity index (χ0) is 20.8. The third-order valence-corrected chi connectivity index (χ3v) is 4.84. The van der Waals surface area contributed by atoms with Crippen molar-refractivity contribution in [1.29, 1.82) is 0 Å². The lowest BCUT2D eigenvalue weighted by Gasteiger charge is -2.12. The molecule has 154 valence electrons. The molecule has 29 heavy (non-hydrogen) atoms. The van der Waals surface area contributed by atoms with Crippen molar-refractivity contribution in [2.75, 3.05) is 6.54 Å². The van der Waals surface area contributed by atoms with Crippen LogP contribution in [-0.4, -0.2) is 33.3 Å². The molecule has 0 bridgehead atoms. The Morgan fingerprint density at radius 2 is 2.14 bits per heavy atom. The number of allylic oxidation sites excluding steroid dienone is 7. The molecule has 0 saturated carbocycles. The van der Waals surface area contributed by atoms with E-state index in [1.54, 1.807) is 30.5 Å². The fourth-order valence-corrected chi connectivity index (χ4v) is 3.29. The number of rotatable bonds is 6. The van der Waals surface area contributed by atoms with Crippen LogP contribution in [0, 0.1) is 0 Å². The summed E-state index contributed by atoms with van der Waals surface area (Å²) in [5, 5.41) is 6.00. The van der Waals surface area contributed by atoms with Gasteiger partial charge in [0.25, 0.3) is 0 Å². The smallest absolute Gasteiger partial charge is 0.126 e. The number of amidine groups is 1. The number of nitrogens with zero attached hydrogens (tertiary/aromatic N) is 5. The van der Waals surface area contributed by atoms with E-state index in [0.717, 1.165) is 18.5 Å². The maximum absolute atomic E-state index is 14.3. The molecular formula is C21H26F2N6. The molecule has 6 nitrogen and oxygen atoms in total. The lowest BCUT2D eigenvalue weighted by atomic mass is 10.1. The van der Waals surface area contributed by atoms with E-state index < -0.39 is 5.83 Å². The van der Waals surface area contributed by atoms with Crippen LogP contribution in [0.25, 0.3) is 0 Å². The average Bonchev–Trinajstić information content (AvgIpc) is 2.94. The van der Waals surface area contributed by atoms with E-state index in [0.29, 0.717) is 30.3 Å². The van der Waals surface area contributed by atoms with Crippen molar-refractivity contribution in [3.05, 3.63) is 64.9 Å². The van der Waals surface area contributed by atoms with Gasteiger partial charge in [0.15, 0.2) is 0 Å². The van der Waals surface area contributed by atoms with Gasteiger partial charge in [0.1, 0.15) is 29.7 Å². The van der Waals surface area contributed by atoms with E-state index in [4.69, 9.17) is 5.73 Å². The second kappa shape index (κ2) is 9.45. The average molecular weight is 400 g/mol. The zero-order valence-corrected chi connectivity index (χ0v) is 16.8. The van der Waals surface area contributed by atoms with Crippen molar-refractivity contribution in [3.63, 3.8) is 0 Å². The lowest BCUT2D eigenvalue weighted by molar-refractivity contribution is 0.462. The van der Waals surface area contributed by atoms with Crippen molar-refractivity contribution in [1.82, 2.24) is 14.6 Å². The molecule has 0 saturated heterocycles. The van der Waals surface area contributed by atoms with Gasteiger partial charge in [-0.05, 0) is 43.1 Å². The summed E-state index contributed by atoms with van der Waals surface area (Å²) in [6.45, 7) is 5.08. The van der Waals surface area contributed by atoms with E-state index in [9.17, 15) is 8.78 Å². The summed E-state index contributed by atoms with van der Waals surface area (Å²) in [7, 11) is 0. The lowest BCUT2D eigenvalue weighted by Crippen LogP contribution is -2.20. The van der Waals surface area contributed by atoms with Crippen molar-refractivity contribution in [2.24, 2.45) is 15.8 Å². The third kappa shape index (κ3) is 5.49. The maximum Gasteiger partial charge on any atom is 0.126 e. The number of aromatic nitrogens is 2. The minimum atomic E-state index is -0.432. The highest BCUT2D eigenvalue weighted by Gasteiger charge is 2.16. The molecule has 3 rings (SSSR count). The molecule has 1 aromatic rings. The summed E-state index contributed by atoms with van der Waals surface area (Å²) in [4.78, 5) is 9.01. The van der Waals surface area contributed by atoms with Gasteiger partial charge in [0.2, 0.25) is 0 Å². The molecular weight excluding hydrogens is 374 g/mol. The first kappa shape index (κ1) is 20.7. The standard InChI is InChI=1S/C21H26F2N6/c1-3-16-8-10-29(27-15(2)24)14-26-20(16)13-28-11-9-25-21(28)12-17-4-5-18(22)6-7-19(17)23/h4,6-7,9,11,14H,3,5,8,10,12-13H2,1-2H3,(H2,24,27).